The van der Waals surface area contributed by atoms with E-state index in [0.29, 0.717) is 18.1 Å². The number of hydrogen-bond donors (Lipinski definition) is 2. The summed E-state index contributed by atoms with van der Waals surface area (Å²) in [6.07, 6.45) is 4.03. The standard InChI is InChI=1S/C22H23N5O/c1-27-15-17-8-6-5-7-16(17)11-20(27)14-23-21(28)18-12-24-22(25-13-18)26-19-9-3-2-4-10-19/h2-10,12-13,20H,11,14-15H2,1H3,(H,23,28)(H,24,25,26). The number of nitrogens with one attached hydrogen (secondary N) is 2. The first kappa shape index (κ1) is 18.1. The molecule has 2 heterocycles. The Morgan fingerprint density at radius 3 is 2.46 bits per heavy atom. The van der Waals surface area contributed by atoms with Gasteiger partial charge in [0.05, 0.1) is 5.56 Å². The maximum absolute atomic E-state index is 12.5. The van der Waals surface area contributed by atoms with Crippen LogP contribution < -0.4 is 10.6 Å². The van der Waals surface area contributed by atoms with E-state index < -0.39 is 0 Å². The van der Waals surface area contributed by atoms with Gasteiger partial charge in [-0.1, -0.05) is 42.5 Å². The zero-order valence-corrected chi connectivity index (χ0v) is 15.8. The summed E-state index contributed by atoms with van der Waals surface area (Å²) in [4.78, 5) is 23.2. The highest BCUT2D eigenvalue weighted by atomic mass is 16.1. The van der Waals surface area contributed by atoms with Crippen molar-refractivity contribution in [2.45, 2.75) is 19.0 Å². The molecular weight excluding hydrogens is 350 g/mol. The van der Waals surface area contributed by atoms with E-state index in [1.807, 2.05) is 30.3 Å². The topological polar surface area (TPSA) is 70.2 Å². The fraction of sp³-hybridized carbons (Fsp3) is 0.227. The summed E-state index contributed by atoms with van der Waals surface area (Å²) in [7, 11) is 2.10. The van der Waals surface area contributed by atoms with E-state index in [4.69, 9.17) is 0 Å². The Kier molecular flexibility index (Phi) is 5.30. The zero-order valence-electron chi connectivity index (χ0n) is 15.8. The third-order valence-electron chi connectivity index (χ3n) is 5.06. The van der Waals surface area contributed by atoms with E-state index in [0.717, 1.165) is 18.7 Å². The number of anilines is 2. The Labute approximate surface area is 164 Å². The predicted molar refractivity (Wildman–Crippen MR) is 109 cm³/mol. The van der Waals surface area contributed by atoms with Crippen molar-refractivity contribution in [3.8, 4) is 0 Å². The number of aromatic nitrogens is 2. The van der Waals surface area contributed by atoms with Crippen molar-refractivity contribution in [3.05, 3.63) is 83.7 Å². The smallest absolute Gasteiger partial charge is 0.254 e. The molecule has 0 aliphatic carbocycles. The Bertz CT molecular complexity index is 943. The van der Waals surface area contributed by atoms with Gasteiger partial charge in [0.15, 0.2) is 0 Å². The van der Waals surface area contributed by atoms with Gasteiger partial charge in [0.2, 0.25) is 5.95 Å². The molecule has 6 nitrogen and oxygen atoms in total. The minimum Gasteiger partial charge on any atom is -0.350 e. The van der Waals surface area contributed by atoms with Crippen LogP contribution in [0.15, 0.2) is 67.0 Å². The molecule has 3 aromatic rings. The van der Waals surface area contributed by atoms with Crippen LogP contribution >= 0.6 is 0 Å². The van der Waals surface area contributed by atoms with Gasteiger partial charge < -0.3 is 10.6 Å². The first-order valence-electron chi connectivity index (χ1n) is 9.38. The van der Waals surface area contributed by atoms with Crippen LogP contribution in [0.25, 0.3) is 0 Å². The molecule has 0 radical (unpaired) electrons. The predicted octanol–water partition coefficient (Wildman–Crippen LogP) is 3.01. The quantitative estimate of drug-likeness (QED) is 0.719. The second-order valence-corrected chi connectivity index (χ2v) is 7.04. The molecule has 1 amide bonds. The van der Waals surface area contributed by atoms with E-state index in [9.17, 15) is 4.79 Å². The lowest BCUT2D eigenvalue weighted by molar-refractivity contribution is 0.0934. The molecule has 1 aliphatic heterocycles. The van der Waals surface area contributed by atoms with Crippen molar-refractivity contribution >= 4 is 17.5 Å². The van der Waals surface area contributed by atoms with Crippen LogP contribution in [0.4, 0.5) is 11.6 Å². The monoisotopic (exact) mass is 373 g/mol. The second-order valence-electron chi connectivity index (χ2n) is 7.04. The summed E-state index contributed by atoms with van der Waals surface area (Å²) in [5.41, 5.74) is 4.08. The molecule has 1 aromatic heterocycles. The number of likely N-dealkylation sites (N-methyl/N-ethyl adjacent to an activating group) is 1. The minimum atomic E-state index is -0.154. The number of carbonyl (C=O) groups is 1. The average molecular weight is 373 g/mol. The van der Waals surface area contributed by atoms with E-state index >= 15 is 0 Å². The van der Waals surface area contributed by atoms with Gasteiger partial charge in [-0.05, 0) is 36.7 Å². The van der Waals surface area contributed by atoms with Gasteiger partial charge in [-0.15, -0.1) is 0 Å². The van der Waals surface area contributed by atoms with Crippen LogP contribution in [0.5, 0.6) is 0 Å². The summed E-state index contributed by atoms with van der Waals surface area (Å²) < 4.78 is 0. The Balaban J connectivity index is 1.34. The van der Waals surface area contributed by atoms with E-state index in [1.165, 1.54) is 11.1 Å². The van der Waals surface area contributed by atoms with Gasteiger partial charge in [-0.2, -0.15) is 0 Å². The van der Waals surface area contributed by atoms with Crippen molar-refractivity contribution < 1.29 is 4.79 Å². The van der Waals surface area contributed by atoms with Gasteiger partial charge in [-0.25, -0.2) is 9.97 Å². The molecule has 0 bridgehead atoms. The summed E-state index contributed by atoms with van der Waals surface area (Å²) in [5, 5.41) is 6.13. The lowest BCUT2D eigenvalue weighted by atomic mass is 9.94. The molecule has 0 fully saturated rings. The number of benzene rings is 2. The number of fused-ring (bicyclic) bond motifs is 1. The fourth-order valence-corrected chi connectivity index (χ4v) is 3.42. The van der Waals surface area contributed by atoms with E-state index in [-0.39, 0.29) is 11.9 Å². The van der Waals surface area contributed by atoms with Gasteiger partial charge in [0, 0.05) is 37.2 Å². The largest absolute Gasteiger partial charge is 0.350 e. The molecule has 4 rings (SSSR count). The van der Waals surface area contributed by atoms with Gasteiger partial charge in [0.1, 0.15) is 0 Å². The summed E-state index contributed by atoms with van der Waals surface area (Å²) in [6.45, 7) is 1.49. The number of carbonyl (C=O) groups excluding carboxylic acids is 1. The van der Waals surface area contributed by atoms with Crippen LogP contribution in [0, 0.1) is 0 Å². The molecule has 6 heteroatoms. The normalized spacial score (nSPS) is 16.2. The lowest BCUT2D eigenvalue weighted by Gasteiger charge is -2.34. The summed E-state index contributed by atoms with van der Waals surface area (Å²) in [5.74, 6) is 0.310. The highest BCUT2D eigenvalue weighted by Gasteiger charge is 2.23. The molecule has 1 aliphatic rings. The maximum Gasteiger partial charge on any atom is 0.254 e. The summed E-state index contributed by atoms with van der Waals surface area (Å²) >= 11 is 0. The molecule has 0 saturated heterocycles. The first-order valence-corrected chi connectivity index (χ1v) is 9.38. The Hall–Kier alpha value is -3.25. The van der Waals surface area contributed by atoms with Crippen LogP contribution in [-0.2, 0) is 13.0 Å². The second kappa shape index (κ2) is 8.19. The third kappa shape index (κ3) is 4.18. The third-order valence-corrected chi connectivity index (χ3v) is 5.06. The van der Waals surface area contributed by atoms with Crippen LogP contribution in [0.3, 0.4) is 0 Å². The van der Waals surface area contributed by atoms with Crippen molar-refractivity contribution in [2.75, 3.05) is 18.9 Å². The molecule has 2 aromatic carbocycles. The van der Waals surface area contributed by atoms with Crippen LogP contribution in [-0.4, -0.2) is 40.4 Å². The first-order chi connectivity index (χ1) is 13.7. The number of para-hydroxylation sites is 1. The van der Waals surface area contributed by atoms with Crippen molar-refractivity contribution in [2.24, 2.45) is 0 Å². The highest BCUT2D eigenvalue weighted by molar-refractivity contribution is 5.93. The molecule has 142 valence electrons. The van der Waals surface area contributed by atoms with Crippen molar-refractivity contribution in [1.29, 1.82) is 0 Å². The number of hydrogen-bond acceptors (Lipinski definition) is 5. The lowest BCUT2D eigenvalue weighted by Crippen LogP contribution is -2.45. The van der Waals surface area contributed by atoms with Crippen LogP contribution in [0.1, 0.15) is 21.5 Å². The average Bonchev–Trinajstić information content (AvgIpc) is 2.73. The molecule has 28 heavy (non-hydrogen) atoms. The van der Waals surface area contributed by atoms with E-state index in [1.54, 1.807) is 12.4 Å². The molecule has 0 spiro atoms. The molecular formula is C22H23N5O. The van der Waals surface area contributed by atoms with E-state index in [2.05, 4.69) is 56.8 Å². The molecule has 1 atom stereocenters. The zero-order chi connectivity index (χ0) is 19.3. The van der Waals surface area contributed by atoms with Crippen LogP contribution in [0.2, 0.25) is 0 Å². The van der Waals surface area contributed by atoms with Gasteiger partial charge in [-0.3, -0.25) is 9.69 Å². The van der Waals surface area contributed by atoms with Gasteiger partial charge >= 0.3 is 0 Å². The number of rotatable bonds is 5. The van der Waals surface area contributed by atoms with Gasteiger partial charge in [0.25, 0.3) is 5.91 Å². The maximum atomic E-state index is 12.5. The molecule has 0 saturated carbocycles. The molecule has 1 unspecified atom stereocenters. The highest BCUT2D eigenvalue weighted by Crippen LogP contribution is 2.21. The van der Waals surface area contributed by atoms with Crippen molar-refractivity contribution in [1.82, 2.24) is 20.2 Å². The number of nitrogens with zero attached hydrogens (tertiary/aromatic N) is 3. The summed E-state index contributed by atoms with van der Waals surface area (Å²) in [6, 6.07) is 18.4. The number of amides is 1. The SMILES string of the molecule is CN1Cc2ccccc2CC1CNC(=O)c1cnc(Nc2ccccc2)nc1. The fourth-order valence-electron chi connectivity index (χ4n) is 3.42. The minimum absolute atomic E-state index is 0.154. The Morgan fingerprint density at radius 2 is 1.71 bits per heavy atom. The Morgan fingerprint density at radius 1 is 1.04 bits per heavy atom. The molecule has 2 N–H and O–H groups in total. The van der Waals surface area contributed by atoms with Crippen molar-refractivity contribution in [3.63, 3.8) is 0 Å².